The summed E-state index contributed by atoms with van der Waals surface area (Å²) in [4.78, 5) is 26.0. The first kappa shape index (κ1) is 22.5. The number of hydrogen-bond acceptors (Lipinski definition) is 6. The third-order valence-electron chi connectivity index (χ3n) is 6.96. The molecule has 0 unspecified atom stereocenters. The van der Waals surface area contributed by atoms with Gasteiger partial charge in [-0.3, -0.25) is 4.79 Å². The second-order valence-corrected chi connectivity index (χ2v) is 8.88. The van der Waals surface area contributed by atoms with E-state index in [1.54, 1.807) is 31.3 Å². The summed E-state index contributed by atoms with van der Waals surface area (Å²) in [5, 5.41) is 0. The minimum absolute atomic E-state index is 0.117. The molecule has 1 atom stereocenters. The maximum atomic E-state index is 13.5. The van der Waals surface area contributed by atoms with E-state index >= 15 is 0 Å². The maximum Gasteiger partial charge on any atom is 0.258 e. The van der Waals surface area contributed by atoms with Crippen molar-refractivity contribution in [3.63, 3.8) is 0 Å². The molecule has 1 aliphatic heterocycles. The molecule has 1 amide bonds. The van der Waals surface area contributed by atoms with Crippen molar-refractivity contribution in [3.8, 4) is 11.5 Å². The van der Waals surface area contributed by atoms with Crippen LogP contribution in [0.1, 0.15) is 67.5 Å². The maximum absolute atomic E-state index is 13.5. The van der Waals surface area contributed by atoms with E-state index in [4.69, 9.17) is 9.47 Å². The van der Waals surface area contributed by atoms with Crippen LogP contribution in [-0.2, 0) is 0 Å². The number of methoxy groups -OCH3 is 1. The Morgan fingerprint density at radius 3 is 2.56 bits per heavy atom. The lowest BCUT2D eigenvalue weighted by Crippen LogP contribution is -2.43. The highest BCUT2D eigenvalue weighted by molar-refractivity contribution is 5.97. The number of hydrogen-bond donors (Lipinski definition) is 0. The molecule has 2 aromatic rings. The smallest absolute Gasteiger partial charge is 0.258 e. The first-order chi connectivity index (χ1) is 15.6. The van der Waals surface area contributed by atoms with E-state index in [1.165, 1.54) is 32.0 Å². The van der Waals surface area contributed by atoms with Crippen LogP contribution in [0.15, 0.2) is 36.8 Å². The number of ether oxygens (including phenoxy) is 2. The molecule has 2 heterocycles. The molecular formula is C25H34N4O3. The number of carbonyl (C=O) groups excluding carboxylic acids is 1. The van der Waals surface area contributed by atoms with E-state index in [0.29, 0.717) is 17.1 Å². The zero-order valence-electron chi connectivity index (χ0n) is 19.4. The fraction of sp³-hybridized carbons (Fsp3) is 0.560. The highest BCUT2D eigenvalue weighted by Gasteiger charge is 2.29. The van der Waals surface area contributed by atoms with Crippen LogP contribution in [0.4, 0.5) is 0 Å². The van der Waals surface area contributed by atoms with Crippen molar-refractivity contribution in [1.82, 2.24) is 19.8 Å². The van der Waals surface area contributed by atoms with Crippen molar-refractivity contribution < 1.29 is 14.3 Å². The van der Waals surface area contributed by atoms with Gasteiger partial charge in [0, 0.05) is 32.4 Å². The normalized spacial score (nSPS) is 19.0. The van der Waals surface area contributed by atoms with Gasteiger partial charge in [0.15, 0.2) is 0 Å². The first-order valence-electron chi connectivity index (χ1n) is 11.7. The predicted octanol–water partition coefficient (Wildman–Crippen LogP) is 4.10. The van der Waals surface area contributed by atoms with Crippen LogP contribution < -0.4 is 9.47 Å². The lowest BCUT2D eigenvalue weighted by Gasteiger charge is -2.36. The summed E-state index contributed by atoms with van der Waals surface area (Å²) in [6, 6.07) is 7.88. The van der Waals surface area contributed by atoms with Gasteiger partial charge in [-0.25, -0.2) is 9.97 Å². The highest BCUT2D eigenvalue weighted by Crippen LogP contribution is 2.31. The van der Waals surface area contributed by atoms with Crippen LogP contribution in [-0.4, -0.2) is 65.1 Å². The number of aromatic nitrogens is 2. The van der Waals surface area contributed by atoms with Crippen LogP contribution in [0.5, 0.6) is 11.5 Å². The highest BCUT2D eigenvalue weighted by atomic mass is 16.5. The SMILES string of the molecule is COc1ccc(OC2CCN(C3CCCC3)CC2)c(C(=O)N(C)[C@H](C)c2ccncn2)c1. The number of piperidine rings is 1. The van der Waals surface area contributed by atoms with E-state index in [9.17, 15) is 4.79 Å². The van der Waals surface area contributed by atoms with Gasteiger partial charge in [-0.15, -0.1) is 0 Å². The number of nitrogens with zero attached hydrogens (tertiary/aromatic N) is 4. The second-order valence-electron chi connectivity index (χ2n) is 8.88. The number of likely N-dealkylation sites (tertiary alicyclic amines) is 1. The number of carbonyl (C=O) groups is 1. The monoisotopic (exact) mass is 438 g/mol. The van der Waals surface area contributed by atoms with Gasteiger partial charge in [-0.1, -0.05) is 12.8 Å². The van der Waals surface area contributed by atoms with E-state index in [1.807, 2.05) is 25.1 Å². The van der Waals surface area contributed by atoms with Crippen molar-refractivity contribution in [3.05, 3.63) is 48.0 Å². The van der Waals surface area contributed by atoms with Crippen molar-refractivity contribution >= 4 is 5.91 Å². The zero-order valence-corrected chi connectivity index (χ0v) is 19.4. The predicted molar refractivity (Wildman–Crippen MR) is 123 cm³/mol. The molecule has 1 aromatic carbocycles. The summed E-state index contributed by atoms with van der Waals surface area (Å²) in [5.74, 6) is 1.14. The molecule has 0 radical (unpaired) electrons. The van der Waals surface area contributed by atoms with Gasteiger partial charge in [0.25, 0.3) is 5.91 Å². The van der Waals surface area contributed by atoms with Crippen LogP contribution in [0, 0.1) is 0 Å². The van der Waals surface area contributed by atoms with Crippen molar-refractivity contribution in [2.24, 2.45) is 0 Å². The molecule has 1 aliphatic carbocycles. The number of benzene rings is 1. The van der Waals surface area contributed by atoms with Crippen molar-refractivity contribution in [2.75, 3.05) is 27.2 Å². The quantitative estimate of drug-likeness (QED) is 0.648. The fourth-order valence-corrected chi connectivity index (χ4v) is 4.83. The molecule has 1 saturated heterocycles. The van der Waals surface area contributed by atoms with Crippen LogP contribution in [0.2, 0.25) is 0 Å². The summed E-state index contributed by atoms with van der Waals surface area (Å²) >= 11 is 0. The summed E-state index contributed by atoms with van der Waals surface area (Å²) in [6.45, 7) is 4.10. The zero-order chi connectivity index (χ0) is 22.5. The summed E-state index contributed by atoms with van der Waals surface area (Å²) in [6.07, 6.45) is 10.7. The van der Waals surface area contributed by atoms with Crippen molar-refractivity contribution in [1.29, 1.82) is 0 Å². The van der Waals surface area contributed by atoms with Gasteiger partial charge >= 0.3 is 0 Å². The minimum atomic E-state index is -0.195. The Morgan fingerprint density at radius 2 is 1.91 bits per heavy atom. The molecule has 2 aliphatic rings. The third-order valence-corrected chi connectivity index (χ3v) is 6.96. The molecule has 32 heavy (non-hydrogen) atoms. The van der Waals surface area contributed by atoms with Crippen LogP contribution >= 0.6 is 0 Å². The van der Waals surface area contributed by atoms with Gasteiger partial charge in [0.05, 0.1) is 24.4 Å². The lowest BCUT2D eigenvalue weighted by molar-refractivity contribution is 0.0684. The Balaban J connectivity index is 1.47. The Bertz CT molecular complexity index is 893. The average Bonchev–Trinajstić information content (AvgIpc) is 3.39. The van der Waals surface area contributed by atoms with Gasteiger partial charge < -0.3 is 19.3 Å². The van der Waals surface area contributed by atoms with Crippen LogP contribution in [0.25, 0.3) is 0 Å². The average molecular weight is 439 g/mol. The first-order valence-corrected chi connectivity index (χ1v) is 11.7. The fourth-order valence-electron chi connectivity index (χ4n) is 4.83. The molecule has 0 N–H and O–H groups in total. The van der Waals surface area contributed by atoms with Gasteiger partial charge in [0.1, 0.15) is 23.9 Å². The lowest BCUT2D eigenvalue weighted by atomic mass is 10.0. The molecule has 4 rings (SSSR count). The van der Waals surface area contributed by atoms with E-state index < -0.39 is 0 Å². The Kier molecular flexibility index (Phi) is 7.25. The molecule has 1 aromatic heterocycles. The molecule has 1 saturated carbocycles. The van der Waals surface area contributed by atoms with Gasteiger partial charge in [-0.2, -0.15) is 0 Å². The molecule has 2 fully saturated rings. The minimum Gasteiger partial charge on any atom is -0.497 e. The van der Waals surface area contributed by atoms with Gasteiger partial charge in [0.2, 0.25) is 0 Å². The molecule has 172 valence electrons. The molecule has 0 spiro atoms. The molecule has 7 heteroatoms. The van der Waals surface area contributed by atoms with Crippen LogP contribution in [0.3, 0.4) is 0 Å². The topological polar surface area (TPSA) is 67.8 Å². The summed E-state index contributed by atoms with van der Waals surface area (Å²) < 4.78 is 11.8. The number of rotatable bonds is 7. The number of amides is 1. The second kappa shape index (κ2) is 10.3. The molecule has 7 nitrogen and oxygen atoms in total. The third kappa shape index (κ3) is 5.04. The van der Waals surface area contributed by atoms with E-state index in [-0.39, 0.29) is 18.1 Å². The standard InChI is InChI=1S/C25H34N4O3/c1-18(23-10-13-26-17-27-23)28(2)25(30)22-16-21(31-3)8-9-24(22)32-20-11-14-29(15-12-20)19-6-4-5-7-19/h8-10,13,16-20H,4-7,11-12,14-15H2,1-3H3/t18-/m1/s1. The summed E-state index contributed by atoms with van der Waals surface area (Å²) in [5.41, 5.74) is 1.31. The summed E-state index contributed by atoms with van der Waals surface area (Å²) in [7, 11) is 3.40. The Labute approximate surface area is 190 Å². The van der Waals surface area contributed by atoms with E-state index in [0.717, 1.165) is 37.7 Å². The Morgan fingerprint density at radius 1 is 1.16 bits per heavy atom. The van der Waals surface area contributed by atoms with Gasteiger partial charge in [-0.05, 0) is 56.9 Å². The van der Waals surface area contributed by atoms with E-state index in [2.05, 4.69) is 14.9 Å². The van der Waals surface area contributed by atoms with Crippen molar-refractivity contribution in [2.45, 2.75) is 63.6 Å². The largest absolute Gasteiger partial charge is 0.497 e. The molecule has 0 bridgehead atoms. The Hall–Kier alpha value is -2.67. The molecular weight excluding hydrogens is 404 g/mol.